The van der Waals surface area contributed by atoms with Crippen molar-refractivity contribution in [3.63, 3.8) is 0 Å². The summed E-state index contributed by atoms with van der Waals surface area (Å²) in [7, 11) is 0. The average molecular weight is 210 g/mol. The van der Waals surface area contributed by atoms with E-state index in [1.165, 1.54) is 0 Å². The molecular formula is C7H14O7. The third-order valence-electron chi connectivity index (χ3n) is 1.67. The Balaban J connectivity index is 0. The highest BCUT2D eigenvalue weighted by Crippen LogP contribution is 2.05. The lowest BCUT2D eigenvalue weighted by Gasteiger charge is -2.23. The zero-order valence-corrected chi connectivity index (χ0v) is 7.57. The Bertz CT molecular complexity index is 171. The van der Waals surface area contributed by atoms with Crippen LogP contribution in [0.15, 0.2) is 0 Å². The van der Waals surface area contributed by atoms with Gasteiger partial charge < -0.3 is 25.5 Å². The predicted molar refractivity (Wildman–Crippen MR) is 42.5 cm³/mol. The van der Waals surface area contributed by atoms with Gasteiger partial charge in [-0.2, -0.15) is 0 Å². The van der Waals surface area contributed by atoms with E-state index >= 15 is 0 Å². The molecule has 5 N–H and O–H groups in total. The number of Topliss-reactive ketones (excluding diaryl/α,β-unsaturated/α-hetero) is 1. The molecule has 0 fully saturated rings. The summed E-state index contributed by atoms with van der Waals surface area (Å²) in [5.74, 6) is -0.725. The Morgan fingerprint density at radius 3 is 1.86 bits per heavy atom. The van der Waals surface area contributed by atoms with Crippen molar-refractivity contribution < 1.29 is 35.8 Å². The zero-order valence-electron chi connectivity index (χ0n) is 7.57. The maximum Gasteiger partial charge on any atom is 0.160 e. The summed E-state index contributed by atoms with van der Waals surface area (Å²) in [6.45, 7) is 0.273. The van der Waals surface area contributed by atoms with Crippen molar-refractivity contribution in [2.45, 2.75) is 31.3 Å². The summed E-state index contributed by atoms with van der Waals surface area (Å²) < 4.78 is 0. The molecule has 7 nitrogen and oxygen atoms in total. The van der Waals surface area contributed by atoms with Crippen LogP contribution in [-0.4, -0.2) is 62.3 Å². The van der Waals surface area contributed by atoms with Gasteiger partial charge in [0.1, 0.15) is 24.4 Å². The summed E-state index contributed by atoms with van der Waals surface area (Å²) in [6.07, 6.45) is -6.87. The monoisotopic (exact) mass is 210 g/mol. The Morgan fingerprint density at radius 1 is 1.14 bits per heavy atom. The number of hydrogen-bond acceptors (Lipinski definition) is 6. The minimum absolute atomic E-state index is 0. The quantitative estimate of drug-likeness (QED) is 0.324. The molecule has 0 saturated heterocycles. The van der Waals surface area contributed by atoms with Crippen molar-refractivity contribution in [2.75, 3.05) is 6.61 Å². The second-order valence-corrected chi connectivity index (χ2v) is 2.79. The van der Waals surface area contributed by atoms with Crippen molar-refractivity contribution in [3.05, 3.63) is 0 Å². The van der Waals surface area contributed by atoms with Gasteiger partial charge in [0.05, 0.1) is 6.61 Å². The maximum atomic E-state index is 10.5. The van der Waals surface area contributed by atoms with Gasteiger partial charge >= 0.3 is 0 Å². The molecule has 0 rings (SSSR count). The van der Waals surface area contributed by atoms with E-state index in [0.717, 1.165) is 6.92 Å². The average Bonchev–Trinajstić information content (AvgIpc) is 2.12. The van der Waals surface area contributed by atoms with E-state index in [1.54, 1.807) is 0 Å². The summed E-state index contributed by atoms with van der Waals surface area (Å²) >= 11 is 0. The lowest BCUT2D eigenvalue weighted by atomic mass is 10.0. The van der Waals surface area contributed by atoms with Gasteiger partial charge in [-0.25, -0.2) is 0 Å². The van der Waals surface area contributed by atoms with Crippen LogP contribution in [0.3, 0.4) is 0 Å². The number of aliphatic hydroxyl groups excluding tert-OH is 5. The highest BCUT2D eigenvalue weighted by atomic mass is 16.4. The molecule has 0 aromatic rings. The molecular weight excluding hydrogens is 196 g/mol. The highest BCUT2D eigenvalue weighted by molar-refractivity contribution is 5.80. The number of carbonyl (C=O) groups excluding carboxylic acids is 1. The second kappa shape index (κ2) is 6.82. The van der Waals surface area contributed by atoms with E-state index < -0.39 is 36.8 Å². The molecule has 0 saturated carbocycles. The van der Waals surface area contributed by atoms with Crippen LogP contribution in [-0.2, 0) is 10.3 Å². The Hall–Kier alpha value is -0.570. The molecule has 0 unspecified atom stereocenters. The van der Waals surface area contributed by atoms with Crippen molar-refractivity contribution in [2.24, 2.45) is 0 Å². The van der Waals surface area contributed by atoms with Gasteiger partial charge in [0.15, 0.2) is 5.78 Å². The fourth-order valence-electron chi connectivity index (χ4n) is 0.763. The minimum Gasteiger partial charge on any atom is -0.394 e. The van der Waals surface area contributed by atoms with E-state index in [9.17, 15) is 4.79 Å². The van der Waals surface area contributed by atoms with Gasteiger partial charge in [-0.3, -0.25) is 4.79 Å². The topological polar surface area (TPSA) is 147 Å². The van der Waals surface area contributed by atoms with E-state index in [0.29, 0.717) is 0 Å². The third-order valence-corrected chi connectivity index (χ3v) is 1.67. The van der Waals surface area contributed by atoms with E-state index in [2.05, 4.69) is 0 Å². The molecule has 0 aliphatic rings. The van der Waals surface area contributed by atoms with Crippen LogP contribution < -0.4 is 0 Å². The van der Waals surface area contributed by atoms with Gasteiger partial charge in [0, 0.05) is 5.48 Å². The maximum absolute atomic E-state index is 10.5. The number of aliphatic hydroxyl groups is 5. The van der Waals surface area contributed by atoms with Crippen LogP contribution >= 0.6 is 0 Å². The molecule has 0 aromatic heterocycles. The van der Waals surface area contributed by atoms with Gasteiger partial charge in [-0.05, 0) is 6.92 Å². The lowest BCUT2D eigenvalue weighted by Crippen LogP contribution is -2.48. The summed E-state index contributed by atoms with van der Waals surface area (Å²) in [6, 6.07) is 0. The molecule has 84 valence electrons. The molecule has 0 aliphatic heterocycles. The molecule has 0 bridgehead atoms. The smallest absolute Gasteiger partial charge is 0.160 e. The number of carbonyl (C=O) groups is 1. The molecule has 2 radical (unpaired) electrons. The van der Waals surface area contributed by atoms with Gasteiger partial charge in [-0.1, -0.05) is 0 Å². The first-order chi connectivity index (χ1) is 5.91. The van der Waals surface area contributed by atoms with Crippen LogP contribution in [0.25, 0.3) is 0 Å². The Kier molecular flexibility index (Phi) is 7.74. The standard InChI is InChI=1S/C7H14O6.O/c1-3(9)5(11)7(13)6(12)4(10)2-8;/h4-8,10-13H,2H2,1H3;/t4-,5+,6-,7-;/m1./s1. The summed E-state index contributed by atoms with van der Waals surface area (Å²) in [4.78, 5) is 10.5. The fraction of sp³-hybridized carbons (Fsp3) is 0.857. The first kappa shape index (κ1) is 15.9. The lowest BCUT2D eigenvalue weighted by molar-refractivity contribution is -0.145. The second-order valence-electron chi connectivity index (χ2n) is 2.79. The van der Waals surface area contributed by atoms with Crippen LogP contribution in [0.5, 0.6) is 0 Å². The molecule has 14 heavy (non-hydrogen) atoms. The fourth-order valence-corrected chi connectivity index (χ4v) is 0.763. The summed E-state index contributed by atoms with van der Waals surface area (Å²) in [5.41, 5.74) is 0. The van der Waals surface area contributed by atoms with Crippen LogP contribution in [0.4, 0.5) is 0 Å². The summed E-state index contributed by atoms with van der Waals surface area (Å²) in [5, 5.41) is 44.3. The number of ketones is 1. The Morgan fingerprint density at radius 2 is 1.57 bits per heavy atom. The molecule has 0 aromatic carbocycles. The molecule has 0 aliphatic carbocycles. The van der Waals surface area contributed by atoms with Gasteiger partial charge in [0.25, 0.3) is 0 Å². The minimum atomic E-state index is -1.79. The van der Waals surface area contributed by atoms with Crippen LogP contribution in [0, 0.1) is 0 Å². The SMILES string of the molecule is CC(=O)[C@H](O)[C@@H](O)[C@H](O)[C@H](O)CO.[O]. The first-order valence-corrected chi connectivity index (χ1v) is 3.75. The largest absolute Gasteiger partial charge is 0.394 e. The van der Waals surface area contributed by atoms with Crippen molar-refractivity contribution in [1.82, 2.24) is 0 Å². The Labute approximate surface area is 80.5 Å². The number of hydrogen-bond donors (Lipinski definition) is 5. The third kappa shape index (κ3) is 4.09. The van der Waals surface area contributed by atoms with Crippen LogP contribution in [0.2, 0.25) is 0 Å². The molecule has 0 amide bonds. The van der Waals surface area contributed by atoms with E-state index in [1.807, 2.05) is 0 Å². The molecule has 7 heteroatoms. The van der Waals surface area contributed by atoms with Crippen molar-refractivity contribution in [3.8, 4) is 0 Å². The van der Waals surface area contributed by atoms with Gasteiger partial charge in [-0.15, -0.1) is 0 Å². The van der Waals surface area contributed by atoms with Crippen molar-refractivity contribution >= 4 is 5.78 Å². The van der Waals surface area contributed by atoms with Gasteiger partial charge in [0.2, 0.25) is 0 Å². The molecule has 0 spiro atoms. The van der Waals surface area contributed by atoms with E-state index in [-0.39, 0.29) is 5.48 Å². The van der Waals surface area contributed by atoms with Crippen LogP contribution in [0.1, 0.15) is 6.92 Å². The molecule has 0 heterocycles. The highest BCUT2D eigenvalue weighted by Gasteiger charge is 2.32. The first-order valence-electron chi connectivity index (χ1n) is 3.75. The molecule has 4 atom stereocenters. The normalized spacial score (nSPS) is 19.0. The zero-order chi connectivity index (χ0) is 10.6. The van der Waals surface area contributed by atoms with Crippen molar-refractivity contribution in [1.29, 1.82) is 0 Å². The number of rotatable bonds is 5. The van der Waals surface area contributed by atoms with E-state index in [4.69, 9.17) is 25.5 Å². The predicted octanol–water partition coefficient (Wildman–Crippen LogP) is -3.11.